The Kier molecular flexibility index (Phi) is 4.03. The van der Waals surface area contributed by atoms with Crippen LogP contribution in [0.3, 0.4) is 0 Å². The highest BCUT2D eigenvalue weighted by atomic mass is 16.5. The molecule has 126 valence electrons. The minimum atomic E-state index is 0.322. The van der Waals surface area contributed by atoms with E-state index < -0.39 is 0 Å². The normalized spacial score (nSPS) is 16.9. The predicted octanol–water partition coefficient (Wildman–Crippen LogP) is 1.86. The van der Waals surface area contributed by atoms with Gasteiger partial charge in [-0.15, -0.1) is 0 Å². The lowest BCUT2D eigenvalue weighted by Crippen LogP contribution is -2.36. The summed E-state index contributed by atoms with van der Waals surface area (Å²) in [6.45, 7) is 5.72. The lowest BCUT2D eigenvalue weighted by atomic mass is 9.97. The van der Waals surface area contributed by atoms with Crippen molar-refractivity contribution >= 4 is 10.9 Å². The van der Waals surface area contributed by atoms with E-state index in [2.05, 4.69) is 26.2 Å². The van der Waals surface area contributed by atoms with Crippen molar-refractivity contribution in [2.24, 2.45) is 5.73 Å². The molecule has 3 heterocycles. The maximum atomic E-state index is 5.63. The van der Waals surface area contributed by atoms with Gasteiger partial charge in [0.2, 0.25) is 5.89 Å². The molecule has 4 rings (SSSR count). The van der Waals surface area contributed by atoms with E-state index >= 15 is 0 Å². The second-order valence-electron chi connectivity index (χ2n) is 6.35. The fraction of sp³-hybridized carbons (Fsp3) is 0.471. The Balaban J connectivity index is 1.57. The molecule has 0 amide bonds. The first-order valence-corrected chi connectivity index (χ1v) is 8.47. The lowest BCUT2D eigenvalue weighted by Gasteiger charge is -2.29. The van der Waals surface area contributed by atoms with Crippen molar-refractivity contribution in [1.29, 1.82) is 0 Å². The number of likely N-dealkylation sites (tertiary alicyclic amines) is 1. The van der Waals surface area contributed by atoms with E-state index in [1.54, 1.807) is 4.68 Å². The van der Waals surface area contributed by atoms with Crippen LogP contribution in [0.25, 0.3) is 16.9 Å². The molecule has 0 bridgehead atoms. The first-order chi connectivity index (χ1) is 11.8. The van der Waals surface area contributed by atoms with Crippen LogP contribution in [0, 0.1) is 6.92 Å². The van der Waals surface area contributed by atoms with Gasteiger partial charge >= 0.3 is 0 Å². The van der Waals surface area contributed by atoms with Crippen LogP contribution >= 0.6 is 0 Å². The topological polar surface area (TPSA) is 86.0 Å². The van der Waals surface area contributed by atoms with Crippen LogP contribution in [0.4, 0.5) is 0 Å². The quantitative estimate of drug-likeness (QED) is 0.787. The van der Waals surface area contributed by atoms with E-state index in [1.165, 1.54) is 0 Å². The molecule has 3 aromatic rings. The van der Waals surface area contributed by atoms with Crippen molar-refractivity contribution < 1.29 is 4.52 Å². The zero-order valence-corrected chi connectivity index (χ0v) is 13.9. The standard InChI is InChI=1S/C17H22N6O/c1-12-14-4-2-3-5-15(14)23(20-12)17-19-16(24-21-17)13-6-9-22(10-7-13)11-8-18/h2-5,13H,6-11,18H2,1H3. The number of hydrogen-bond acceptors (Lipinski definition) is 6. The summed E-state index contributed by atoms with van der Waals surface area (Å²) in [7, 11) is 0. The predicted molar refractivity (Wildman–Crippen MR) is 91.1 cm³/mol. The van der Waals surface area contributed by atoms with Crippen LogP contribution in [-0.4, -0.2) is 51.0 Å². The Labute approximate surface area is 140 Å². The molecule has 1 saturated heterocycles. The van der Waals surface area contributed by atoms with Gasteiger partial charge in [0.1, 0.15) is 0 Å². The number of fused-ring (bicyclic) bond motifs is 1. The van der Waals surface area contributed by atoms with Gasteiger partial charge in [0.25, 0.3) is 5.95 Å². The van der Waals surface area contributed by atoms with E-state index in [4.69, 9.17) is 10.3 Å². The van der Waals surface area contributed by atoms with Gasteiger partial charge in [0.15, 0.2) is 0 Å². The fourth-order valence-electron chi connectivity index (χ4n) is 3.44. The summed E-state index contributed by atoms with van der Waals surface area (Å²) in [5, 5.41) is 9.84. The molecule has 0 atom stereocenters. The Hall–Kier alpha value is -2.25. The Morgan fingerprint density at radius 1 is 1.25 bits per heavy atom. The number of benzene rings is 1. The first kappa shape index (κ1) is 15.3. The van der Waals surface area contributed by atoms with Gasteiger partial charge < -0.3 is 15.2 Å². The molecule has 1 aliphatic rings. The molecule has 2 aromatic heterocycles. The number of aromatic nitrogens is 4. The molecular weight excluding hydrogens is 304 g/mol. The summed E-state index contributed by atoms with van der Waals surface area (Å²) < 4.78 is 7.31. The molecule has 7 nitrogen and oxygen atoms in total. The molecule has 0 radical (unpaired) electrons. The van der Waals surface area contributed by atoms with Crippen molar-refractivity contribution in [2.45, 2.75) is 25.7 Å². The van der Waals surface area contributed by atoms with Crippen molar-refractivity contribution in [2.75, 3.05) is 26.2 Å². The molecule has 0 saturated carbocycles. The maximum absolute atomic E-state index is 5.63. The summed E-state index contributed by atoms with van der Waals surface area (Å²) >= 11 is 0. The van der Waals surface area contributed by atoms with E-state index in [-0.39, 0.29) is 0 Å². The molecule has 24 heavy (non-hydrogen) atoms. The van der Waals surface area contributed by atoms with Gasteiger partial charge in [-0.2, -0.15) is 14.8 Å². The molecular formula is C17H22N6O. The van der Waals surface area contributed by atoms with Crippen LogP contribution in [0.15, 0.2) is 28.8 Å². The van der Waals surface area contributed by atoms with Gasteiger partial charge in [0.05, 0.1) is 11.2 Å². The highest BCUT2D eigenvalue weighted by Gasteiger charge is 2.25. The van der Waals surface area contributed by atoms with Gasteiger partial charge in [-0.1, -0.05) is 18.2 Å². The number of aryl methyl sites for hydroxylation is 1. The summed E-state index contributed by atoms with van der Waals surface area (Å²) in [5.74, 6) is 1.55. The number of nitrogens with zero attached hydrogens (tertiary/aromatic N) is 5. The van der Waals surface area contributed by atoms with Crippen LogP contribution in [0.2, 0.25) is 0 Å². The Bertz CT molecular complexity index is 831. The van der Waals surface area contributed by atoms with Gasteiger partial charge in [-0.3, -0.25) is 0 Å². The zero-order chi connectivity index (χ0) is 16.5. The highest BCUT2D eigenvalue weighted by molar-refractivity contribution is 5.82. The highest BCUT2D eigenvalue weighted by Crippen LogP contribution is 2.28. The summed E-state index contributed by atoms with van der Waals surface area (Å²) in [6, 6.07) is 8.09. The number of nitrogens with two attached hydrogens (primary N) is 1. The first-order valence-electron chi connectivity index (χ1n) is 8.47. The maximum Gasteiger partial charge on any atom is 0.291 e. The second-order valence-corrected chi connectivity index (χ2v) is 6.35. The minimum absolute atomic E-state index is 0.322. The van der Waals surface area contributed by atoms with E-state index in [1.807, 2.05) is 25.1 Å². The van der Waals surface area contributed by atoms with Crippen LogP contribution in [0.5, 0.6) is 0 Å². The Morgan fingerprint density at radius 3 is 2.83 bits per heavy atom. The van der Waals surface area contributed by atoms with E-state index in [0.29, 0.717) is 18.4 Å². The third-order valence-corrected chi connectivity index (χ3v) is 4.77. The number of para-hydroxylation sites is 1. The molecule has 1 aromatic carbocycles. The van der Waals surface area contributed by atoms with Crippen molar-refractivity contribution in [3.63, 3.8) is 0 Å². The van der Waals surface area contributed by atoms with Gasteiger partial charge in [-0.05, 0) is 44.1 Å². The van der Waals surface area contributed by atoms with Crippen molar-refractivity contribution in [1.82, 2.24) is 24.8 Å². The zero-order valence-electron chi connectivity index (χ0n) is 13.9. The summed E-state index contributed by atoms with van der Waals surface area (Å²) in [4.78, 5) is 7.01. The third kappa shape index (κ3) is 2.70. The molecule has 1 aliphatic heterocycles. The smallest absolute Gasteiger partial charge is 0.291 e. The van der Waals surface area contributed by atoms with E-state index in [9.17, 15) is 0 Å². The average Bonchev–Trinajstić information content (AvgIpc) is 3.22. The molecule has 0 aliphatic carbocycles. The molecule has 2 N–H and O–H groups in total. The summed E-state index contributed by atoms with van der Waals surface area (Å²) in [5.41, 5.74) is 7.59. The van der Waals surface area contributed by atoms with Crippen molar-refractivity contribution in [3.05, 3.63) is 35.9 Å². The molecule has 1 fully saturated rings. The monoisotopic (exact) mass is 326 g/mol. The molecule has 0 unspecified atom stereocenters. The fourth-order valence-corrected chi connectivity index (χ4v) is 3.44. The van der Waals surface area contributed by atoms with E-state index in [0.717, 1.165) is 55.0 Å². The number of hydrogen-bond donors (Lipinski definition) is 1. The second kappa shape index (κ2) is 6.33. The SMILES string of the molecule is Cc1nn(-c2noc(C3CCN(CCN)CC3)n2)c2ccccc12. The number of piperidine rings is 1. The number of rotatable bonds is 4. The largest absolute Gasteiger partial charge is 0.337 e. The minimum Gasteiger partial charge on any atom is -0.337 e. The van der Waals surface area contributed by atoms with Gasteiger partial charge in [0, 0.05) is 24.4 Å². The van der Waals surface area contributed by atoms with Crippen LogP contribution < -0.4 is 5.73 Å². The van der Waals surface area contributed by atoms with Crippen LogP contribution in [0.1, 0.15) is 30.3 Å². The van der Waals surface area contributed by atoms with Crippen molar-refractivity contribution in [3.8, 4) is 5.95 Å². The summed E-state index contributed by atoms with van der Waals surface area (Å²) in [6.07, 6.45) is 2.06. The van der Waals surface area contributed by atoms with Crippen LogP contribution in [-0.2, 0) is 0 Å². The Morgan fingerprint density at radius 2 is 2.04 bits per heavy atom. The molecule has 0 spiro atoms. The molecule has 7 heteroatoms. The lowest BCUT2D eigenvalue weighted by molar-refractivity contribution is 0.198. The van der Waals surface area contributed by atoms with Gasteiger partial charge in [-0.25, -0.2) is 0 Å². The third-order valence-electron chi connectivity index (χ3n) is 4.77. The average molecular weight is 326 g/mol.